The van der Waals surface area contributed by atoms with Crippen LogP contribution in [0.1, 0.15) is 33.1 Å². The van der Waals surface area contributed by atoms with E-state index in [1.165, 1.54) is 18.2 Å². The Labute approximate surface area is 161 Å². The standard InChI is InChI=1S/C23H22O2.C2H6/c24-23(25-18-8-7-13-3-1-2-4-14(13)10-18)20-12-17-11-19(20)22-16-6-5-15(9-16)21(17)22;1-2/h1-8,10,15-17,19-22H,9,11-12H2;1-2H3. The Kier molecular flexibility index (Phi) is 4.11. The second kappa shape index (κ2) is 6.51. The molecular weight excluding hydrogens is 332 g/mol. The molecule has 2 nitrogen and oxygen atoms in total. The van der Waals surface area contributed by atoms with E-state index in [1.54, 1.807) is 0 Å². The van der Waals surface area contributed by atoms with Crippen LogP contribution >= 0.6 is 0 Å². The summed E-state index contributed by atoms with van der Waals surface area (Å²) in [4.78, 5) is 12.9. The molecule has 7 atom stereocenters. The Hall–Kier alpha value is -2.09. The number of ether oxygens (including phenoxy) is 1. The first-order valence-electron chi connectivity index (χ1n) is 10.7. The lowest BCUT2D eigenvalue weighted by Gasteiger charge is -2.35. The van der Waals surface area contributed by atoms with Crippen molar-refractivity contribution >= 4 is 16.7 Å². The summed E-state index contributed by atoms with van der Waals surface area (Å²) in [5, 5.41) is 2.30. The van der Waals surface area contributed by atoms with Gasteiger partial charge in [-0.3, -0.25) is 4.79 Å². The van der Waals surface area contributed by atoms with Crippen molar-refractivity contribution in [3.8, 4) is 5.75 Å². The summed E-state index contributed by atoms with van der Waals surface area (Å²) in [5.41, 5.74) is 0. The molecule has 3 fully saturated rings. The maximum atomic E-state index is 12.9. The van der Waals surface area contributed by atoms with Gasteiger partial charge in [0, 0.05) is 0 Å². The summed E-state index contributed by atoms with van der Waals surface area (Å²) in [6, 6.07) is 14.2. The Morgan fingerprint density at radius 2 is 1.63 bits per heavy atom. The molecule has 7 unspecified atom stereocenters. The molecule has 2 heteroatoms. The van der Waals surface area contributed by atoms with Crippen LogP contribution in [-0.4, -0.2) is 5.97 Å². The molecule has 140 valence electrons. The number of fused-ring (bicyclic) bond motifs is 10. The quantitative estimate of drug-likeness (QED) is 0.290. The second-order valence-electron chi connectivity index (χ2n) is 8.53. The second-order valence-corrected chi connectivity index (χ2v) is 8.53. The third kappa shape index (κ3) is 2.56. The number of carbonyl (C=O) groups is 1. The number of esters is 1. The van der Waals surface area contributed by atoms with Crippen molar-refractivity contribution in [2.75, 3.05) is 0 Å². The van der Waals surface area contributed by atoms with Gasteiger partial charge in [-0.15, -0.1) is 0 Å². The van der Waals surface area contributed by atoms with Crippen LogP contribution in [0.15, 0.2) is 54.6 Å². The molecule has 0 N–H and O–H groups in total. The predicted octanol–water partition coefficient (Wildman–Crippen LogP) is 5.87. The molecule has 0 radical (unpaired) electrons. The van der Waals surface area contributed by atoms with E-state index in [0.717, 1.165) is 41.4 Å². The van der Waals surface area contributed by atoms with E-state index in [-0.39, 0.29) is 11.9 Å². The van der Waals surface area contributed by atoms with Crippen LogP contribution < -0.4 is 4.74 Å². The molecule has 6 rings (SSSR count). The van der Waals surface area contributed by atoms with Gasteiger partial charge in [-0.2, -0.15) is 0 Å². The fourth-order valence-corrected chi connectivity index (χ4v) is 6.71. The van der Waals surface area contributed by atoms with Gasteiger partial charge in [-0.1, -0.05) is 56.3 Å². The average Bonchev–Trinajstić information content (AvgIpc) is 3.48. The maximum Gasteiger partial charge on any atom is 0.314 e. The van der Waals surface area contributed by atoms with Gasteiger partial charge < -0.3 is 4.74 Å². The summed E-state index contributed by atoms with van der Waals surface area (Å²) < 4.78 is 5.83. The van der Waals surface area contributed by atoms with Gasteiger partial charge >= 0.3 is 5.97 Å². The molecule has 0 heterocycles. The van der Waals surface area contributed by atoms with Gasteiger partial charge in [0.15, 0.2) is 0 Å². The van der Waals surface area contributed by atoms with Crippen molar-refractivity contribution < 1.29 is 9.53 Å². The number of benzene rings is 2. The van der Waals surface area contributed by atoms with Gasteiger partial charge in [0.25, 0.3) is 0 Å². The van der Waals surface area contributed by atoms with E-state index in [1.807, 2.05) is 44.2 Å². The van der Waals surface area contributed by atoms with Crippen molar-refractivity contribution in [1.29, 1.82) is 0 Å². The highest BCUT2D eigenvalue weighted by Gasteiger charge is 2.62. The highest BCUT2D eigenvalue weighted by molar-refractivity contribution is 5.85. The molecular formula is C25H28O2. The fourth-order valence-electron chi connectivity index (χ4n) is 6.71. The Balaban J connectivity index is 0.000000777. The maximum absolute atomic E-state index is 12.9. The van der Waals surface area contributed by atoms with Crippen molar-refractivity contribution in [2.45, 2.75) is 33.1 Å². The van der Waals surface area contributed by atoms with Crippen molar-refractivity contribution in [3.05, 3.63) is 54.6 Å². The van der Waals surface area contributed by atoms with E-state index >= 15 is 0 Å². The first kappa shape index (κ1) is 17.0. The van der Waals surface area contributed by atoms with Crippen LogP contribution in [-0.2, 0) is 4.79 Å². The molecule has 0 spiro atoms. The third-order valence-corrected chi connectivity index (χ3v) is 7.51. The highest BCUT2D eigenvalue weighted by Crippen LogP contribution is 2.67. The molecule has 0 aliphatic heterocycles. The number of carbonyl (C=O) groups excluding carboxylic acids is 1. The third-order valence-electron chi connectivity index (χ3n) is 7.51. The smallest absolute Gasteiger partial charge is 0.314 e. The van der Waals surface area contributed by atoms with E-state index < -0.39 is 0 Å². The fraction of sp³-hybridized carbons (Fsp3) is 0.480. The molecule has 4 bridgehead atoms. The van der Waals surface area contributed by atoms with E-state index in [0.29, 0.717) is 11.7 Å². The highest BCUT2D eigenvalue weighted by atomic mass is 16.5. The molecule has 2 aromatic rings. The van der Waals surface area contributed by atoms with Gasteiger partial charge in [-0.05, 0) is 77.7 Å². The van der Waals surface area contributed by atoms with E-state index in [9.17, 15) is 4.79 Å². The Morgan fingerprint density at radius 3 is 2.44 bits per heavy atom. The summed E-state index contributed by atoms with van der Waals surface area (Å²) in [7, 11) is 0. The zero-order valence-corrected chi connectivity index (χ0v) is 16.2. The lowest BCUT2D eigenvalue weighted by Crippen LogP contribution is -2.36. The number of allylic oxidation sites excluding steroid dienone is 2. The number of rotatable bonds is 2. The average molecular weight is 360 g/mol. The minimum absolute atomic E-state index is 0.00739. The normalized spacial score (nSPS) is 37.2. The monoisotopic (exact) mass is 360 g/mol. The van der Waals surface area contributed by atoms with Gasteiger partial charge in [0.05, 0.1) is 5.92 Å². The Bertz CT molecular complexity index is 898. The molecule has 3 saturated carbocycles. The van der Waals surface area contributed by atoms with Gasteiger partial charge in [-0.25, -0.2) is 0 Å². The zero-order chi connectivity index (χ0) is 18.5. The minimum atomic E-state index is 0.00739. The first-order valence-corrected chi connectivity index (χ1v) is 10.7. The minimum Gasteiger partial charge on any atom is -0.426 e. The zero-order valence-electron chi connectivity index (χ0n) is 16.2. The van der Waals surface area contributed by atoms with E-state index in [4.69, 9.17) is 4.74 Å². The van der Waals surface area contributed by atoms with Crippen LogP contribution in [0.25, 0.3) is 10.8 Å². The van der Waals surface area contributed by atoms with Crippen LogP contribution in [0.4, 0.5) is 0 Å². The lowest BCUT2D eigenvalue weighted by atomic mass is 9.69. The largest absolute Gasteiger partial charge is 0.426 e. The molecule has 4 aliphatic rings. The van der Waals surface area contributed by atoms with Crippen molar-refractivity contribution in [2.24, 2.45) is 41.4 Å². The molecule has 27 heavy (non-hydrogen) atoms. The summed E-state index contributed by atoms with van der Waals surface area (Å²) >= 11 is 0. The summed E-state index contributed by atoms with van der Waals surface area (Å²) in [5.74, 6) is 5.29. The Morgan fingerprint density at radius 1 is 0.889 bits per heavy atom. The molecule has 2 aromatic carbocycles. The number of hydrogen-bond acceptors (Lipinski definition) is 2. The molecule has 0 saturated heterocycles. The SMILES string of the molecule is CC.O=C(Oc1ccc2ccccc2c1)C1CC2CC1C1C3C=CC(C3)C21. The van der Waals surface area contributed by atoms with Crippen LogP contribution in [0, 0.1) is 41.4 Å². The topological polar surface area (TPSA) is 26.3 Å². The van der Waals surface area contributed by atoms with Crippen molar-refractivity contribution in [1.82, 2.24) is 0 Å². The van der Waals surface area contributed by atoms with Crippen molar-refractivity contribution in [3.63, 3.8) is 0 Å². The predicted molar refractivity (Wildman–Crippen MR) is 108 cm³/mol. The molecule has 4 aliphatic carbocycles. The van der Waals surface area contributed by atoms with Crippen LogP contribution in [0.2, 0.25) is 0 Å². The van der Waals surface area contributed by atoms with Crippen LogP contribution in [0.5, 0.6) is 5.75 Å². The number of hydrogen-bond donors (Lipinski definition) is 0. The van der Waals surface area contributed by atoms with Crippen LogP contribution in [0.3, 0.4) is 0 Å². The summed E-state index contributed by atoms with van der Waals surface area (Å²) in [6.45, 7) is 4.00. The molecule has 0 aromatic heterocycles. The van der Waals surface area contributed by atoms with E-state index in [2.05, 4.69) is 24.3 Å². The summed E-state index contributed by atoms with van der Waals surface area (Å²) in [6.07, 6.45) is 8.53. The van der Waals surface area contributed by atoms with Gasteiger partial charge in [0.1, 0.15) is 5.75 Å². The lowest BCUT2D eigenvalue weighted by molar-refractivity contribution is -0.142. The van der Waals surface area contributed by atoms with Gasteiger partial charge in [0.2, 0.25) is 0 Å². The first-order chi connectivity index (χ1) is 13.3. The molecule has 0 amide bonds.